The number of aryl methyl sites for hydroxylation is 1. The Balaban J connectivity index is 1.96. The number of hydrogen-bond donors (Lipinski definition) is 1. The van der Waals surface area contributed by atoms with Crippen molar-refractivity contribution in [2.24, 2.45) is 0 Å². The van der Waals surface area contributed by atoms with E-state index >= 15 is 0 Å². The van der Waals surface area contributed by atoms with Gasteiger partial charge in [0.1, 0.15) is 17.6 Å². The summed E-state index contributed by atoms with van der Waals surface area (Å²) in [6, 6.07) is 11.8. The molecule has 0 radical (unpaired) electrons. The van der Waals surface area contributed by atoms with Crippen LogP contribution < -0.4 is 14.4 Å². The summed E-state index contributed by atoms with van der Waals surface area (Å²) in [7, 11) is -3.73. The monoisotopic (exact) mass is 436 g/mol. The molecule has 30 heavy (non-hydrogen) atoms. The van der Waals surface area contributed by atoms with Crippen LogP contribution in [0.2, 0.25) is 0 Å². The Hall–Kier alpha value is -2.61. The Kier molecular flexibility index (Phi) is 8.65. The number of rotatable bonds is 11. The molecule has 0 aromatic heterocycles. The van der Waals surface area contributed by atoms with Crippen LogP contribution in [0.25, 0.3) is 0 Å². The zero-order valence-electron chi connectivity index (χ0n) is 17.6. The molecule has 8 heteroatoms. The molecule has 2 aromatic carbocycles. The number of hydrogen-bond acceptors (Lipinski definition) is 4. The molecule has 0 spiro atoms. The zero-order valence-corrected chi connectivity index (χ0v) is 18.4. The number of halogens is 1. The van der Waals surface area contributed by atoms with Crippen molar-refractivity contribution in [3.63, 3.8) is 0 Å². The van der Waals surface area contributed by atoms with Gasteiger partial charge in [-0.05, 0) is 62.1 Å². The van der Waals surface area contributed by atoms with Gasteiger partial charge < -0.3 is 10.1 Å². The lowest BCUT2D eigenvalue weighted by molar-refractivity contribution is -0.121. The van der Waals surface area contributed by atoms with Gasteiger partial charge in [0.15, 0.2) is 0 Å². The molecule has 0 aliphatic heterocycles. The van der Waals surface area contributed by atoms with Crippen LogP contribution in [-0.2, 0) is 21.2 Å². The highest BCUT2D eigenvalue weighted by atomic mass is 32.2. The second kappa shape index (κ2) is 11.0. The molecule has 164 valence electrons. The van der Waals surface area contributed by atoms with Crippen LogP contribution in [0.4, 0.5) is 10.1 Å². The molecular formula is C22H29FN2O4S. The van der Waals surface area contributed by atoms with Crippen molar-refractivity contribution in [1.29, 1.82) is 0 Å². The average Bonchev–Trinajstić information content (AvgIpc) is 2.70. The first-order chi connectivity index (χ1) is 14.2. The molecule has 0 bridgehead atoms. The van der Waals surface area contributed by atoms with Crippen molar-refractivity contribution in [2.45, 2.75) is 39.2 Å². The quantitative estimate of drug-likeness (QED) is 0.547. The molecule has 0 aliphatic rings. The molecule has 2 rings (SSSR count). The van der Waals surface area contributed by atoms with E-state index in [1.54, 1.807) is 0 Å². The van der Waals surface area contributed by atoms with E-state index in [1.165, 1.54) is 19.1 Å². The van der Waals surface area contributed by atoms with E-state index in [0.717, 1.165) is 46.8 Å². The maximum Gasteiger partial charge on any atom is 0.243 e. The summed E-state index contributed by atoms with van der Waals surface area (Å²) in [6.45, 7) is 4.60. The number of nitrogens with one attached hydrogen (secondary N) is 1. The van der Waals surface area contributed by atoms with Gasteiger partial charge in [-0.25, -0.2) is 12.8 Å². The maximum absolute atomic E-state index is 13.2. The van der Waals surface area contributed by atoms with Crippen molar-refractivity contribution in [3.05, 3.63) is 59.9 Å². The lowest BCUT2D eigenvalue weighted by Crippen LogP contribution is -2.48. The first-order valence-corrected chi connectivity index (χ1v) is 11.8. The van der Waals surface area contributed by atoms with Gasteiger partial charge >= 0.3 is 0 Å². The number of para-hydroxylation sites is 1. The SMILES string of the molecule is CCCOc1ccccc1CCCNC(=O)C(C)N(c1ccc(F)cc1)S(C)(=O)=O. The van der Waals surface area contributed by atoms with Crippen LogP contribution in [0.15, 0.2) is 48.5 Å². The molecule has 0 saturated heterocycles. The number of nitrogens with zero attached hydrogens (tertiary/aromatic N) is 1. The summed E-state index contributed by atoms with van der Waals surface area (Å²) in [5, 5.41) is 2.79. The summed E-state index contributed by atoms with van der Waals surface area (Å²) in [5.74, 6) is -0.0497. The topological polar surface area (TPSA) is 75.7 Å². The van der Waals surface area contributed by atoms with Gasteiger partial charge in [-0.1, -0.05) is 25.1 Å². The van der Waals surface area contributed by atoms with Crippen molar-refractivity contribution in [3.8, 4) is 5.75 Å². The van der Waals surface area contributed by atoms with Crippen LogP contribution in [0.1, 0.15) is 32.3 Å². The Bertz CT molecular complexity index is 932. The summed E-state index contributed by atoms with van der Waals surface area (Å²) >= 11 is 0. The Morgan fingerprint density at radius 2 is 1.83 bits per heavy atom. The first kappa shape index (κ1) is 23.7. The van der Waals surface area contributed by atoms with Gasteiger partial charge in [0.05, 0.1) is 18.6 Å². The third-order valence-electron chi connectivity index (χ3n) is 4.53. The second-order valence-corrected chi connectivity index (χ2v) is 8.92. The molecule has 1 amide bonds. The minimum Gasteiger partial charge on any atom is -0.493 e. The molecule has 0 saturated carbocycles. The van der Waals surface area contributed by atoms with E-state index in [4.69, 9.17) is 4.74 Å². The van der Waals surface area contributed by atoms with Crippen LogP contribution >= 0.6 is 0 Å². The molecular weight excluding hydrogens is 407 g/mol. The van der Waals surface area contributed by atoms with Crippen molar-refractivity contribution in [2.75, 3.05) is 23.7 Å². The average molecular weight is 437 g/mol. The Labute approximate surface area is 178 Å². The number of anilines is 1. The van der Waals surface area contributed by atoms with E-state index in [1.807, 2.05) is 31.2 Å². The lowest BCUT2D eigenvalue weighted by atomic mass is 10.1. The standard InChI is InChI=1S/C22H29FN2O4S/c1-4-16-29-21-10-6-5-8-18(21)9-7-15-24-22(26)17(2)25(30(3,27)28)20-13-11-19(23)12-14-20/h5-6,8,10-14,17H,4,7,9,15-16H2,1-3H3,(H,24,26). The van der Waals surface area contributed by atoms with E-state index in [2.05, 4.69) is 5.32 Å². The third-order valence-corrected chi connectivity index (χ3v) is 5.77. The minimum atomic E-state index is -3.73. The predicted octanol–water partition coefficient (Wildman–Crippen LogP) is 3.52. The van der Waals surface area contributed by atoms with Crippen molar-refractivity contribution >= 4 is 21.6 Å². The fourth-order valence-electron chi connectivity index (χ4n) is 3.10. The van der Waals surface area contributed by atoms with E-state index < -0.39 is 27.8 Å². The summed E-state index contributed by atoms with van der Waals surface area (Å²) in [6.07, 6.45) is 3.35. The fourth-order valence-corrected chi connectivity index (χ4v) is 4.27. The van der Waals surface area contributed by atoms with Gasteiger partial charge in [0.25, 0.3) is 0 Å². The summed E-state index contributed by atoms with van der Waals surface area (Å²) < 4.78 is 44.4. The smallest absolute Gasteiger partial charge is 0.243 e. The number of carbonyl (C=O) groups is 1. The fraction of sp³-hybridized carbons (Fsp3) is 0.409. The van der Waals surface area contributed by atoms with Crippen LogP contribution in [-0.4, -0.2) is 39.8 Å². The summed E-state index contributed by atoms with van der Waals surface area (Å²) in [4.78, 5) is 12.6. The van der Waals surface area contributed by atoms with Gasteiger partial charge in [-0.2, -0.15) is 0 Å². The number of amides is 1. The Morgan fingerprint density at radius 3 is 2.47 bits per heavy atom. The Morgan fingerprint density at radius 1 is 1.17 bits per heavy atom. The highest BCUT2D eigenvalue weighted by molar-refractivity contribution is 7.92. The van der Waals surface area contributed by atoms with Crippen LogP contribution in [0, 0.1) is 5.82 Å². The maximum atomic E-state index is 13.2. The largest absolute Gasteiger partial charge is 0.493 e. The van der Waals surface area contributed by atoms with E-state index in [0.29, 0.717) is 19.6 Å². The van der Waals surface area contributed by atoms with Crippen molar-refractivity contribution < 1.29 is 22.3 Å². The molecule has 0 aliphatic carbocycles. The third kappa shape index (κ3) is 6.73. The predicted molar refractivity (Wildman–Crippen MR) is 117 cm³/mol. The van der Waals surface area contributed by atoms with Gasteiger partial charge in [-0.15, -0.1) is 0 Å². The number of carbonyl (C=O) groups excluding carboxylic acids is 1. The van der Waals surface area contributed by atoms with E-state index in [9.17, 15) is 17.6 Å². The minimum absolute atomic E-state index is 0.239. The molecule has 1 unspecified atom stereocenters. The first-order valence-electron chi connectivity index (χ1n) is 9.97. The van der Waals surface area contributed by atoms with E-state index in [-0.39, 0.29) is 5.69 Å². The lowest BCUT2D eigenvalue weighted by Gasteiger charge is -2.28. The molecule has 1 atom stereocenters. The molecule has 6 nitrogen and oxygen atoms in total. The summed E-state index contributed by atoms with van der Waals surface area (Å²) in [5.41, 5.74) is 1.31. The van der Waals surface area contributed by atoms with Crippen molar-refractivity contribution in [1.82, 2.24) is 5.32 Å². The zero-order chi connectivity index (χ0) is 22.1. The molecule has 1 N–H and O–H groups in total. The molecule has 2 aromatic rings. The number of sulfonamides is 1. The van der Waals surface area contributed by atoms with Gasteiger partial charge in [-0.3, -0.25) is 9.10 Å². The number of benzene rings is 2. The van der Waals surface area contributed by atoms with Gasteiger partial charge in [0, 0.05) is 6.54 Å². The normalized spacial score (nSPS) is 12.3. The molecule has 0 heterocycles. The highest BCUT2D eigenvalue weighted by Gasteiger charge is 2.28. The van der Waals surface area contributed by atoms with Gasteiger partial charge in [0.2, 0.25) is 15.9 Å². The molecule has 0 fully saturated rings. The highest BCUT2D eigenvalue weighted by Crippen LogP contribution is 2.22. The number of ether oxygens (including phenoxy) is 1. The second-order valence-electron chi connectivity index (χ2n) is 7.06. The van der Waals surface area contributed by atoms with Crippen LogP contribution in [0.5, 0.6) is 5.75 Å². The van der Waals surface area contributed by atoms with Crippen LogP contribution in [0.3, 0.4) is 0 Å².